The van der Waals surface area contributed by atoms with Crippen molar-refractivity contribution in [3.8, 4) is 0 Å². The van der Waals surface area contributed by atoms with Crippen molar-refractivity contribution in [3.05, 3.63) is 0 Å². The normalized spacial score (nSPS) is 41.7. The van der Waals surface area contributed by atoms with Crippen LogP contribution in [0.2, 0.25) is 0 Å². The highest BCUT2D eigenvalue weighted by molar-refractivity contribution is 5.00. The molecule has 1 saturated carbocycles. The second-order valence-corrected chi connectivity index (χ2v) is 3.70. The van der Waals surface area contributed by atoms with E-state index in [9.17, 15) is 0 Å². The Morgan fingerprint density at radius 1 is 1.33 bits per heavy atom. The monoisotopic (exact) mass is 125 g/mol. The van der Waals surface area contributed by atoms with Crippen molar-refractivity contribution < 1.29 is 0 Å². The summed E-state index contributed by atoms with van der Waals surface area (Å²) in [6.45, 7) is 5.99. The number of piperidine rings is 1. The molecular weight excluding hydrogens is 110 g/mol. The van der Waals surface area contributed by atoms with Gasteiger partial charge in [0, 0.05) is 18.6 Å². The highest BCUT2D eigenvalue weighted by Gasteiger charge is 2.45. The van der Waals surface area contributed by atoms with E-state index in [4.69, 9.17) is 0 Å². The summed E-state index contributed by atoms with van der Waals surface area (Å²) < 4.78 is 0. The topological polar surface area (TPSA) is 3.24 Å². The van der Waals surface area contributed by atoms with Crippen LogP contribution in [0.15, 0.2) is 0 Å². The lowest BCUT2D eigenvalue weighted by Gasteiger charge is -2.57. The van der Waals surface area contributed by atoms with Gasteiger partial charge in [-0.3, -0.25) is 4.90 Å². The molecule has 9 heavy (non-hydrogen) atoms. The number of likely N-dealkylation sites (tertiary alicyclic amines) is 1. The Hall–Kier alpha value is -0.0400. The van der Waals surface area contributed by atoms with Gasteiger partial charge in [-0.05, 0) is 32.6 Å². The number of hydrogen-bond acceptors (Lipinski definition) is 1. The standard InChI is InChI=1S/C8H15N/c1-6(2)9-5-7-3-4-8(7)9/h6-8H,3-5H2,1-2H3/t7?,8-/m1/s1. The second kappa shape index (κ2) is 1.72. The second-order valence-electron chi connectivity index (χ2n) is 3.70. The first-order valence-corrected chi connectivity index (χ1v) is 4.05. The van der Waals surface area contributed by atoms with Crippen LogP contribution in [-0.4, -0.2) is 23.5 Å². The van der Waals surface area contributed by atoms with Crippen molar-refractivity contribution in [2.75, 3.05) is 6.54 Å². The highest BCUT2D eigenvalue weighted by Crippen LogP contribution is 2.42. The summed E-state index contributed by atoms with van der Waals surface area (Å²) in [6.07, 6.45) is 2.98. The molecule has 1 heteroatoms. The summed E-state index contributed by atoms with van der Waals surface area (Å²) in [6, 6.07) is 1.80. The van der Waals surface area contributed by atoms with Crippen molar-refractivity contribution in [1.82, 2.24) is 4.90 Å². The summed E-state index contributed by atoms with van der Waals surface area (Å²) in [5.74, 6) is 1.10. The Bertz CT molecular complexity index is 120. The Kier molecular flexibility index (Phi) is 1.10. The largest absolute Gasteiger partial charge is 0.297 e. The smallest absolute Gasteiger partial charge is 0.0139 e. The molecule has 1 unspecified atom stereocenters. The van der Waals surface area contributed by atoms with Gasteiger partial charge in [-0.15, -0.1) is 0 Å². The Morgan fingerprint density at radius 2 is 2.11 bits per heavy atom. The zero-order chi connectivity index (χ0) is 6.43. The molecule has 1 nitrogen and oxygen atoms in total. The number of hydrogen-bond donors (Lipinski definition) is 0. The minimum atomic E-state index is 0.798. The molecule has 0 aromatic carbocycles. The SMILES string of the molecule is CC(C)N1CC2CC[C@H]21. The van der Waals surface area contributed by atoms with E-state index in [1.54, 1.807) is 0 Å². The van der Waals surface area contributed by atoms with Gasteiger partial charge in [0.15, 0.2) is 0 Å². The molecule has 2 aliphatic rings. The minimum absolute atomic E-state index is 0.798. The van der Waals surface area contributed by atoms with Crippen LogP contribution < -0.4 is 0 Å². The Balaban J connectivity index is 1.90. The summed E-state index contributed by atoms with van der Waals surface area (Å²) >= 11 is 0. The molecule has 52 valence electrons. The van der Waals surface area contributed by atoms with Crippen molar-refractivity contribution in [2.45, 2.75) is 38.8 Å². The molecule has 1 aliphatic heterocycles. The molecule has 2 rings (SSSR count). The number of rotatable bonds is 1. The van der Waals surface area contributed by atoms with E-state index < -0.39 is 0 Å². The fourth-order valence-corrected chi connectivity index (χ4v) is 2.06. The van der Waals surface area contributed by atoms with E-state index in [0.29, 0.717) is 0 Å². The van der Waals surface area contributed by atoms with E-state index >= 15 is 0 Å². The maximum Gasteiger partial charge on any atom is 0.0139 e. The van der Waals surface area contributed by atoms with Gasteiger partial charge in [-0.2, -0.15) is 0 Å². The predicted octanol–water partition coefficient (Wildman–Crippen LogP) is 1.49. The lowest BCUT2D eigenvalue weighted by atomic mass is 9.70. The molecule has 0 aromatic rings. The third kappa shape index (κ3) is 0.644. The van der Waals surface area contributed by atoms with Crippen LogP contribution in [0.1, 0.15) is 26.7 Å². The molecule has 0 bridgehead atoms. The summed E-state index contributed by atoms with van der Waals surface area (Å²) in [7, 11) is 0. The average Bonchev–Trinajstić information content (AvgIpc) is 1.76. The van der Waals surface area contributed by atoms with Crippen molar-refractivity contribution >= 4 is 0 Å². The van der Waals surface area contributed by atoms with E-state index in [1.165, 1.54) is 19.4 Å². The van der Waals surface area contributed by atoms with Crippen LogP contribution in [0, 0.1) is 5.92 Å². The van der Waals surface area contributed by atoms with Crippen LogP contribution in [0.5, 0.6) is 0 Å². The first-order valence-electron chi connectivity index (χ1n) is 4.05. The molecule has 0 aromatic heterocycles. The maximum absolute atomic E-state index is 2.62. The summed E-state index contributed by atoms with van der Waals surface area (Å²) in [4.78, 5) is 2.62. The van der Waals surface area contributed by atoms with Gasteiger partial charge in [-0.25, -0.2) is 0 Å². The molecule has 2 fully saturated rings. The molecule has 1 heterocycles. The van der Waals surface area contributed by atoms with Crippen molar-refractivity contribution in [3.63, 3.8) is 0 Å². The molecule has 0 amide bonds. The molecule has 2 atom stereocenters. The van der Waals surface area contributed by atoms with Crippen molar-refractivity contribution in [2.24, 2.45) is 5.92 Å². The van der Waals surface area contributed by atoms with Gasteiger partial charge >= 0.3 is 0 Å². The molecular formula is C8H15N. The van der Waals surface area contributed by atoms with Gasteiger partial charge in [-0.1, -0.05) is 0 Å². The molecule has 1 saturated heterocycles. The van der Waals surface area contributed by atoms with E-state index in [0.717, 1.165) is 18.0 Å². The van der Waals surface area contributed by atoms with E-state index in [1.807, 2.05) is 0 Å². The fourth-order valence-electron chi connectivity index (χ4n) is 2.06. The third-order valence-corrected chi connectivity index (χ3v) is 2.91. The third-order valence-electron chi connectivity index (χ3n) is 2.91. The van der Waals surface area contributed by atoms with Gasteiger partial charge in [0.05, 0.1) is 0 Å². The van der Waals surface area contributed by atoms with Gasteiger partial charge < -0.3 is 0 Å². The lowest BCUT2D eigenvalue weighted by molar-refractivity contribution is -0.0785. The van der Waals surface area contributed by atoms with Crippen LogP contribution >= 0.6 is 0 Å². The highest BCUT2D eigenvalue weighted by atomic mass is 15.3. The molecule has 0 spiro atoms. The summed E-state index contributed by atoms with van der Waals surface area (Å²) in [5, 5.41) is 0. The zero-order valence-electron chi connectivity index (χ0n) is 6.30. The van der Waals surface area contributed by atoms with Crippen molar-refractivity contribution in [1.29, 1.82) is 0 Å². The van der Waals surface area contributed by atoms with Gasteiger partial charge in [0.1, 0.15) is 0 Å². The summed E-state index contributed by atoms with van der Waals surface area (Å²) in [5.41, 5.74) is 0. The molecule has 0 radical (unpaired) electrons. The maximum atomic E-state index is 2.62. The van der Waals surface area contributed by atoms with Gasteiger partial charge in [0.2, 0.25) is 0 Å². The predicted molar refractivity (Wildman–Crippen MR) is 38.4 cm³/mol. The van der Waals surface area contributed by atoms with Crippen LogP contribution in [0.25, 0.3) is 0 Å². The quantitative estimate of drug-likeness (QED) is 0.513. The average molecular weight is 125 g/mol. The Labute approximate surface area is 57.0 Å². The lowest BCUT2D eigenvalue weighted by Crippen LogP contribution is -2.64. The van der Waals surface area contributed by atoms with Crippen LogP contribution in [0.3, 0.4) is 0 Å². The fraction of sp³-hybridized carbons (Fsp3) is 1.00. The zero-order valence-corrected chi connectivity index (χ0v) is 6.30. The molecule has 1 aliphatic carbocycles. The van der Waals surface area contributed by atoms with Gasteiger partial charge in [0.25, 0.3) is 0 Å². The van der Waals surface area contributed by atoms with Crippen LogP contribution in [-0.2, 0) is 0 Å². The molecule has 0 N–H and O–H groups in total. The first kappa shape index (κ1) is 5.72. The number of fused-ring (bicyclic) bond motifs is 1. The Morgan fingerprint density at radius 3 is 2.22 bits per heavy atom. The number of nitrogens with zero attached hydrogens (tertiary/aromatic N) is 1. The van der Waals surface area contributed by atoms with E-state index in [-0.39, 0.29) is 0 Å². The van der Waals surface area contributed by atoms with E-state index in [2.05, 4.69) is 18.7 Å². The minimum Gasteiger partial charge on any atom is -0.297 e. The van der Waals surface area contributed by atoms with Crippen LogP contribution in [0.4, 0.5) is 0 Å². The first-order chi connectivity index (χ1) is 4.29.